The fourth-order valence-electron chi connectivity index (χ4n) is 2.91. The van der Waals surface area contributed by atoms with E-state index >= 15 is 0 Å². The zero-order valence-corrected chi connectivity index (χ0v) is 12.6. The summed E-state index contributed by atoms with van der Waals surface area (Å²) < 4.78 is 5.36. The Hall–Kier alpha value is -2.13. The van der Waals surface area contributed by atoms with Crippen LogP contribution in [0.15, 0.2) is 60.7 Å². The number of benzene rings is 2. The third kappa shape index (κ3) is 3.55. The Labute approximate surface area is 131 Å². The zero-order chi connectivity index (χ0) is 15.2. The first kappa shape index (κ1) is 14.8. The fraction of sp³-hybridized carbons (Fsp3) is 0.316. The van der Waals surface area contributed by atoms with Gasteiger partial charge in [0, 0.05) is 19.3 Å². The minimum Gasteiger partial charge on any atom is -0.381 e. The first-order valence-electron chi connectivity index (χ1n) is 7.82. The molecule has 2 aromatic carbocycles. The first-order chi connectivity index (χ1) is 10.8. The highest BCUT2D eigenvalue weighted by Gasteiger charge is 2.25. The number of rotatable bonds is 4. The van der Waals surface area contributed by atoms with Crippen molar-refractivity contribution in [2.75, 3.05) is 13.2 Å². The van der Waals surface area contributed by atoms with Crippen LogP contribution in [0.5, 0.6) is 0 Å². The molecule has 3 nitrogen and oxygen atoms in total. The number of carbonyl (C=O) groups is 1. The maximum absolute atomic E-state index is 12.9. The standard InChI is InChI=1S/C19H21NO2/c21-19(20-17-11-13-22-14-12-17)18(15-7-3-1-4-8-15)16-9-5-2-6-10-16/h1-10,17-18H,11-14H2,(H,20,21). The van der Waals surface area contributed by atoms with Crippen LogP contribution in [0.1, 0.15) is 29.9 Å². The minimum atomic E-state index is -0.259. The molecule has 2 aromatic rings. The number of nitrogens with one attached hydrogen (secondary N) is 1. The van der Waals surface area contributed by atoms with Crippen molar-refractivity contribution in [3.63, 3.8) is 0 Å². The van der Waals surface area contributed by atoms with Gasteiger partial charge in [0.25, 0.3) is 0 Å². The van der Waals surface area contributed by atoms with E-state index < -0.39 is 0 Å². The van der Waals surface area contributed by atoms with Crippen molar-refractivity contribution >= 4 is 5.91 Å². The van der Waals surface area contributed by atoms with Gasteiger partial charge < -0.3 is 10.1 Å². The van der Waals surface area contributed by atoms with Crippen LogP contribution in [-0.2, 0) is 9.53 Å². The molecule has 3 rings (SSSR count). The normalized spacial score (nSPS) is 15.7. The summed E-state index contributed by atoms with van der Waals surface area (Å²) in [6.45, 7) is 1.46. The first-order valence-corrected chi connectivity index (χ1v) is 7.82. The van der Waals surface area contributed by atoms with E-state index in [0.29, 0.717) is 0 Å². The van der Waals surface area contributed by atoms with Crippen LogP contribution in [0, 0.1) is 0 Å². The smallest absolute Gasteiger partial charge is 0.232 e. The average Bonchev–Trinajstić information content (AvgIpc) is 2.58. The van der Waals surface area contributed by atoms with Gasteiger partial charge in [0.15, 0.2) is 0 Å². The maximum Gasteiger partial charge on any atom is 0.232 e. The zero-order valence-electron chi connectivity index (χ0n) is 12.6. The van der Waals surface area contributed by atoms with E-state index in [2.05, 4.69) is 5.32 Å². The van der Waals surface area contributed by atoms with Gasteiger partial charge in [-0.3, -0.25) is 4.79 Å². The Morgan fingerprint density at radius 1 is 0.909 bits per heavy atom. The quantitative estimate of drug-likeness (QED) is 0.941. The molecule has 22 heavy (non-hydrogen) atoms. The van der Waals surface area contributed by atoms with Crippen LogP contribution in [0.25, 0.3) is 0 Å². The van der Waals surface area contributed by atoms with Crippen LogP contribution < -0.4 is 5.32 Å². The lowest BCUT2D eigenvalue weighted by atomic mass is 9.90. The summed E-state index contributed by atoms with van der Waals surface area (Å²) in [5.74, 6) is -0.186. The van der Waals surface area contributed by atoms with Crippen molar-refractivity contribution in [3.05, 3.63) is 71.8 Å². The second-order valence-corrected chi connectivity index (χ2v) is 5.65. The third-order valence-electron chi connectivity index (χ3n) is 4.10. The molecule has 0 bridgehead atoms. The van der Waals surface area contributed by atoms with Crippen LogP contribution in [0.4, 0.5) is 0 Å². The lowest BCUT2D eigenvalue weighted by Crippen LogP contribution is -2.41. The molecule has 1 heterocycles. The summed E-state index contributed by atoms with van der Waals surface area (Å²) in [5, 5.41) is 3.20. The Balaban J connectivity index is 1.83. The molecule has 3 heteroatoms. The Morgan fingerprint density at radius 2 is 1.41 bits per heavy atom. The molecule has 1 N–H and O–H groups in total. The second-order valence-electron chi connectivity index (χ2n) is 5.65. The summed E-state index contributed by atoms with van der Waals surface area (Å²) in [7, 11) is 0. The maximum atomic E-state index is 12.9. The van der Waals surface area contributed by atoms with Crippen molar-refractivity contribution in [1.29, 1.82) is 0 Å². The Bertz CT molecular complexity index is 552. The van der Waals surface area contributed by atoms with Crippen LogP contribution in [0.2, 0.25) is 0 Å². The van der Waals surface area contributed by atoms with Gasteiger partial charge in [-0.25, -0.2) is 0 Å². The summed E-state index contributed by atoms with van der Waals surface area (Å²) in [5.41, 5.74) is 2.05. The number of amides is 1. The molecule has 1 amide bonds. The highest BCUT2D eigenvalue weighted by atomic mass is 16.5. The molecule has 0 spiro atoms. The molecule has 0 saturated carbocycles. The van der Waals surface area contributed by atoms with Crippen molar-refractivity contribution in [2.45, 2.75) is 24.8 Å². The van der Waals surface area contributed by atoms with Gasteiger partial charge in [-0.15, -0.1) is 0 Å². The summed E-state index contributed by atoms with van der Waals surface area (Å²) in [4.78, 5) is 12.9. The van der Waals surface area contributed by atoms with Crippen molar-refractivity contribution in [1.82, 2.24) is 5.32 Å². The van der Waals surface area contributed by atoms with E-state index in [4.69, 9.17) is 4.74 Å². The monoisotopic (exact) mass is 295 g/mol. The molecule has 1 fully saturated rings. The third-order valence-corrected chi connectivity index (χ3v) is 4.10. The fourth-order valence-corrected chi connectivity index (χ4v) is 2.91. The van der Waals surface area contributed by atoms with Crippen LogP contribution >= 0.6 is 0 Å². The van der Waals surface area contributed by atoms with Crippen molar-refractivity contribution in [2.24, 2.45) is 0 Å². The molecule has 0 atom stereocenters. The molecule has 114 valence electrons. The lowest BCUT2D eigenvalue weighted by Gasteiger charge is -2.26. The van der Waals surface area contributed by atoms with Crippen LogP contribution in [0.3, 0.4) is 0 Å². The van der Waals surface area contributed by atoms with Gasteiger partial charge in [-0.05, 0) is 24.0 Å². The number of carbonyl (C=O) groups excluding carboxylic acids is 1. The largest absolute Gasteiger partial charge is 0.381 e. The molecule has 0 aliphatic carbocycles. The minimum absolute atomic E-state index is 0.0734. The van der Waals surface area contributed by atoms with Gasteiger partial charge >= 0.3 is 0 Å². The Kier molecular flexibility index (Phi) is 4.86. The summed E-state index contributed by atoms with van der Waals surface area (Å²) >= 11 is 0. The molecule has 1 saturated heterocycles. The SMILES string of the molecule is O=C(NC1CCOCC1)C(c1ccccc1)c1ccccc1. The van der Waals surface area contributed by atoms with Gasteiger partial charge in [0.1, 0.15) is 0 Å². The van der Waals surface area contributed by atoms with Crippen molar-refractivity contribution in [3.8, 4) is 0 Å². The predicted octanol–water partition coefficient (Wildman–Crippen LogP) is 3.11. The Morgan fingerprint density at radius 3 is 1.91 bits per heavy atom. The molecule has 0 unspecified atom stereocenters. The molecule has 0 aromatic heterocycles. The molecule has 1 aliphatic heterocycles. The van der Waals surface area contributed by atoms with E-state index in [1.54, 1.807) is 0 Å². The van der Waals surface area contributed by atoms with E-state index in [9.17, 15) is 4.79 Å². The molecular formula is C19H21NO2. The van der Waals surface area contributed by atoms with Gasteiger partial charge in [0.2, 0.25) is 5.91 Å². The number of hydrogen-bond acceptors (Lipinski definition) is 2. The topological polar surface area (TPSA) is 38.3 Å². The molecular weight excluding hydrogens is 274 g/mol. The van der Waals surface area contributed by atoms with E-state index in [0.717, 1.165) is 37.2 Å². The van der Waals surface area contributed by atoms with Crippen LogP contribution in [-0.4, -0.2) is 25.2 Å². The summed E-state index contributed by atoms with van der Waals surface area (Å²) in [6, 6.07) is 20.1. The van der Waals surface area contributed by atoms with E-state index in [1.165, 1.54) is 0 Å². The highest BCUT2D eigenvalue weighted by molar-refractivity contribution is 5.87. The number of hydrogen-bond donors (Lipinski definition) is 1. The second kappa shape index (κ2) is 7.23. The van der Waals surface area contributed by atoms with E-state index in [-0.39, 0.29) is 17.9 Å². The van der Waals surface area contributed by atoms with Gasteiger partial charge in [-0.1, -0.05) is 60.7 Å². The average molecular weight is 295 g/mol. The van der Waals surface area contributed by atoms with Gasteiger partial charge in [-0.2, -0.15) is 0 Å². The van der Waals surface area contributed by atoms with E-state index in [1.807, 2.05) is 60.7 Å². The highest BCUT2D eigenvalue weighted by Crippen LogP contribution is 2.25. The van der Waals surface area contributed by atoms with Crippen molar-refractivity contribution < 1.29 is 9.53 Å². The predicted molar refractivity (Wildman–Crippen MR) is 86.7 cm³/mol. The van der Waals surface area contributed by atoms with Gasteiger partial charge in [0.05, 0.1) is 5.92 Å². The summed E-state index contributed by atoms with van der Waals surface area (Å²) in [6.07, 6.45) is 1.78. The molecule has 1 aliphatic rings. The number of ether oxygens (including phenoxy) is 1. The molecule has 0 radical (unpaired) electrons. The lowest BCUT2D eigenvalue weighted by molar-refractivity contribution is -0.123.